The van der Waals surface area contributed by atoms with E-state index < -0.39 is 17.8 Å². The normalized spacial score (nSPS) is 20.8. The number of carbonyl (C=O) groups excluding carboxylic acids is 3. The molecule has 12 heteroatoms. The molecule has 5 atom stereocenters. The smallest absolute Gasteiger partial charge is 0.253 e. The number of hydrogen-bond acceptors (Lipinski definition) is 9. The molecule has 4 fully saturated rings. The first-order valence-electron chi connectivity index (χ1n) is 22.3. The molecule has 2 saturated heterocycles. The molecular weight excluding hydrogens is 825 g/mol. The average molecular weight is 877 g/mol. The highest BCUT2D eigenvalue weighted by Gasteiger charge is 2.46. The number of amides is 3. The lowest BCUT2D eigenvalue weighted by atomic mass is 9.89. The fourth-order valence-corrected chi connectivity index (χ4v) is 11.4. The van der Waals surface area contributed by atoms with Crippen molar-refractivity contribution in [2.45, 2.75) is 88.2 Å². The molecule has 4 heterocycles. The van der Waals surface area contributed by atoms with Gasteiger partial charge >= 0.3 is 0 Å². The van der Waals surface area contributed by atoms with Crippen LogP contribution in [-0.2, 0) is 19.9 Å². The monoisotopic (exact) mass is 876 g/mol. The lowest BCUT2D eigenvalue weighted by molar-refractivity contribution is -0.142. The van der Waals surface area contributed by atoms with Gasteiger partial charge in [-0.05, 0) is 91.7 Å². The Morgan fingerprint density at radius 1 is 0.651 bits per heavy atom. The number of thiazole rings is 2. The molecule has 2 aliphatic carbocycles. The average Bonchev–Trinajstić information content (AvgIpc) is 4.09. The van der Waals surface area contributed by atoms with Gasteiger partial charge in [-0.25, -0.2) is 9.97 Å². The number of carbonyl (C=O) groups is 3. The number of likely N-dealkylation sites (tertiary alicyclic amines) is 2. The summed E-state index contributed by atoms with van der Waals surface area (Å²) in [5.74, 6) is -0.0787. The molecule has 4 aromatic carbocycles. The molecule has 3 N–H and O–H groups in total. The van der Waals surface area contributed by atoms with E-state index >= 15 is 0 Å². The van der Waals surface area contributed by atoms with E-state index in [0.29, 0.717) is 6.54 Å². The zero-order valence-electron chi connectivity index (χ0n) is 35.4. The molecule has 2 aromatic heterocycles. The fourth-order valence-electron chi connectivity index (χ4n) is 9.24. The summed E-state index contributed by atoms with van der Waals surface area (Å²) in [6.45, 7) is 3.20. The minimum Gasteiger partial charge on any atom is -0.376 e. The van der Waals surface area contributed by atoms with Crippen molar-refractivity contribution in [2.75, 3.05) is 13.1 Å². The van der Waals surface area contributed by atoms with Crippen molar-refractivity contribution >= 4 is 40.4 Å². The number of benzene rings is 4. The Kier molecular flexibility index (Phi) is 11.6. The minimum atomic E-state index is -1.16. The molecule has 2 saturated carbocycles. The van der Waals surface area contributed by atoms with Crippen molar-refractivity contribution in [2.24, 2.45) is 11.8 Å². The topological polar surface area (TPSA) is 128 Å². The summed E-state index contributed by atoms with van der Waals surface area (Å²) >= 11 is 3.29. The van der Waals surface area contributed by atoms with Crippen LogP contribution in [0.5, 0.6) is 0 Å². The van der Waals surface area contributed by atoms with Gasteiger partial charge in [0.25, 0.3) is 5.91 Å². The van der Waals surface area contributed by atoms with Crippen LogP contribution in [0.3, 0.4) is 0 Å². The van der Waals surface area contributed by atoms with Crippen LogP contribution in [0, 0.1) is 11.8 Å². The van der Waals surface area contributed by atoms with Crippen LogP contribution in [0.15, 0.2) is 122 Å². The van der Waals surface area contributed by atoms with Crippen molar-refractivity contribution in [1.82, 2.24) is 30.4 Å². The highest BCUT2D eigenvalue weighted by Crippen LogP contribution is 2.43. The third-order valence-corrected chi connectivity index (χ3v) is 15.5. The molecule has 0 radical (unpaired) electrons. The van der Waals surface area contributed by atoms with Crippen LogP contribution in [0.1, 0.15) is 97.6 Å². The predicted octanol–water partition coefficient (Wildman–Crippen LogP) is 9.43. The van der Waals surface area contributed by atoms with Crippen molar-refractivity contribution in [3.63, 3.8) is 0 Å². The summed E-state index contributed by atoms with van der Waals surface area (Å²) in [6.07, 6.45) is 10.1. The van der Waals surface area contributed by atoms with E-state index in [2.05, 4.69) is 64.1 Å². The molecular formula is C51H52N6O4S2. The highest BCUT2D eigenvalue weighted by molar-refractivity contribution is 7.15. The molecule has 0 spiro atoms. The van der Waals surface area contributed by atoms with E-state index in [0.717, 1.165) is 111 Å². The standard InChI is InChI=1S/C51H52N6O4S2/c1-51(39-12-6-3-7-13-39,55-46(59)38-26-27-38)50(61)57-29-9-15-41(57)48-53-31-43(63-48)35-22-18-33(19-23-35)32-16-20-34(21-17-32)42-30-52-47(62-42)40-14-8-28-56(40)49(60)44(36-10-4-2-5-11-36)54-45(58)37-24-25-37/h2-7,10-13,16-23,30-31,37-38,40-41,44,49,60H,8-9,14-15,24-29H2,1H3,(H,54,58)(H,55,59)/t40-,41?,44-,49?,51?/m1/s1. The molecule has 322 valence electrons. The number of nitrogens with one attached hydrogen (secondary N) is 2. The second-order valence-corrected chi connectivity index (χ2v) is 19.8. The van der Waals surface area contributed by atoms with Crippen LogP contribution in [-0.4, -0.2) is 61.9 Å². The number of hydrogen-bond donors (Lipinski definition) is 3. The van der Waals surface area contributed by atoms with Crippen LogP contribution in [0.2, 0.25) is 0 Å². The Morgan fingerprint density at radius 3 is 1.75 bits per heavy atom. The lowest BCUT2D eigenvalue weighted by Gasteiger charge is -2.36. The Morgan fingerprint density at radius 2 is 1.16 bits per heavy atom. The summed E-state index contributed by atoms with van der Waals surface area (Å²) in [6, 6.07) is 35.8. The second kappa shape index (κ2) is 17.6. The van der Waals surface area contributed by atoms with Gasteiger partial charge in [-0.2, -0.15) is 0 Å². The third kappa shape index (κ3) is 8.61. The maximum Gasteiger partial charge on any atom is 0.253 e. The first-order chi connectivity index (χ1) is 30.7. The Hall–Kier alpha value is -5.53. The van der Waals surface area contributed by atoms with Crippen LogP contribution in [0.4, 0.5) is 0 Å². The van der Waals surface area contributed by atoms with Gasteiger partial charge in [0.05, 0.1) is 27.9 Å². The van der Waals surface area contributed by atoms with Crippen LogP contribution < -0.4 is 10.6 Å². The second-order valence-electron chi connectivity index (χ2n) is 17.7. The zero-order chi connectivity index (χ0) is 43.1. The Balaban J connectivity index is 0.803. The SMILES string of the molecule is CC(NC(=O)C1CC1)(C(=O)N1CCCC1c1ncc(-c2ccc(-c3ccc(-c4cnc([C@H]5CCCN5C(O)[C@H](NC(=O)C5CC5)c5ccccc5)s4)cc3)cc2)s1)c1ccccc1. The summed E-state index contributed by atoms with van der Waals surface area (Å²) in [5.41, 5.74) is 4.92. The van der Waals surface area contributed by atoms with Crippen LogP contribution in [0.25, 0.3) is 32.0 Å². The largest absolute Gasteiger partial charge is 0.376 e. The zero-order valence-corrected chi connectivity index (χ0v) is 37.0. The molecule has 4 aliphatic rings. The van der Waals surface area contributed by atoms with Gasteiger partial charge in [0.2, 0.25) is 11.8 Å². The van der Waals surface area contributed by atoms with Crippen molar-refractivity contribution in [3.05, 3.63) is 143 Å². The number of nitrogens with zero attached hydrogens (tertiary/aromatic N) is 4. The van der Waals surface area contributed by atoms with Crippen LogP contribution >= 0.6 is 22.7 Å². The molecule has 2 aliphatic heterocycles. The molecule has 0 bridgehead atoms. The lowest BCUT2D eigenvalue weighted by Crippen LogP contribution is -2.55. The Bertz CT molecular complexity index is 2570. The molecule has 3 unspecified atom stereocenters. The fraction of sp³-hybridized carbons (Fsp3) is 0.353. The predicted molar refractivity (Wildman–Crippen MR) is 247 cm³/mol. The summed E-state index contributed by atoms with van der Waals surface area (Å²) in [5, 5.41) is 20.0. The first-order valence-corrected chi connectivity index (χ1v) is 24.0. The van der Waals surface area contributed by atoms with Crippen molar-refractivity contribution < 1.29 is 19.5 Å². The van der Waals surface area contributed by atoms with Gasteiger partial charge in [0.15, 0.2) is 0 Å². The van der Waals surface area contributed by atoms with E-state index in [1.165, 1.54) is 0 Å². The van der Waals surface area contributed by atoms with Crippen molar-refractivity contribution in [1.29, 1.82) is 0 Å². The summed E-state index contributed by atoms with van der Waals surface area (Å²) < 4.78 is 0. The van der Waals surface area contributed by atoms with Gasteiger partial charge in [0, 0.05) is 37.3 Å². The van der Waals surface area contributed by atoms with E-state index in [9.17, 15) is 19.5 Å². The third-order valence-electron chi connectivity index (χ3n) is 13.2. The summed E-state index contributed by atoms with van der Waals surface area (Å²) in [4.78, 5) is 56.3. The maximum atomic E-state index is 14.4. The van der Waals surface area contributed by atoms with E-state index in [-0.39, 0.29) is 41.6 Å². The quantitative estimate of drug-likeness (QED) is 0.0996. The number of rotatable bonds is 14. The first kappa shape index (κ1) is 41.5. The minimum absolute atomic E-state index is 0.00843. The molecule has 10 nitrogen and oxygen atoms in total. The van der Waals surface area contributed by atoms with Gasteiger partial charge in [-0.15, -0.1) is 22.7 Å². The molecule has 63 heavy (non-hydrogen) atoms. The van der Waals surface area contributed by atoms with Crippen molar-refractivity contribution in [3.8, 4) is 32.0 Å². The molecule has 6 aromatic rings. The molecule has 3 amide bonds. The van der Waals surface area contributed by atoms with Gasteiger partial charge in [-0.1, -0.05) is 109 Å². The van der Waals surface area contributed by atoms with Gasteiger partial charge in [-0.3, -0.25) is 19.3 Å². The van der Waals surface area contributed by atoms with Gasteiger partial charge < -0.3 is 20.6 Å². The number of aliphatic hydroxyl groups is 1. The number of aliphatic hydroxyl groups excluding tert-OH is 1. The van der Waals surface area contributed by atoms with E-state index in [1.807, 2.05) is 84.9 Å². The van der Waals surface area contributed by atoms with E-state index in [1.54, 1.807) is 22.7 Å². The maximum absolute atomic E-state index is 14.4. The highest BCUT2D eigenvalue weighted by atomic mass is 32.1. The number of aromatic nitrogens is 2. The summed E-state index contributed by atoms with van der Waals surface area (Å²) in [7, 11) is 0. The van der Waals surface area contributed by atoms with Gasteiger partial charge in [0.1, 0.15) is 21.8 Å². The molecule has 10 rings (SSSR count). The van der Waals surface area contributed by atoms with E-state index in [4.69, 9.17) is 9.97 Å². The Labute approximate surface area is 376 Å².